The SMILES string of the molecule is CCOC(=O)c1c(-c2ccc(Cl)cc2)csc1NC(=O)c1cc(-c2ccccc2)nc2ccccc12. The summed E-state index contributed by atoms with van der Waals surface area (Å²) >= 11 is 7.32. The maximum absolute atomic E-state index is 13.6. The fourth-order valence-corrected chi connectivity index (χ4v) is 5.07. The fourth-order valence-electron chi connectivity index (χ4n) is 3.99. The number of esters is 1. The summed E-state index contributed by atoms with van der Waals surface area (Å²) in [5.74, 6) is -0.829. The predicted octanol–water partition coefficient (Wildman–Crippen LogP) is 7.71. The molecule has 2 aromatic heterocycles. The van der Waals surface area contributed by atoms with Gasteiger partial charge in [0.2, 0.25) is 0 Å². The third-order valence-corrected chi connectivity index (χ3v) is 6.83. The zero-order valence-electron chi connectivity index (χ0n) is 19.3. The summed E-state index contributed by atoms with van der Waals surface area (Å²) in [6, 6.07) is 26.2. The topological polar surface area (TPSA) is 68.3 Å². The number of benzene rings is 3. The Bertz CT molecular complexity index is 1560. The van der Waals surface area contributed by atoms with Crippen LogP contribution in [-0.4, -0.2) is 23.5 Å². The Morgan fingerprint density at radius 2 is 1.67 bits per heavy atom. The largest absolute Gasteiger partial charge is 0.462 e. The molecule has 0 spiro atoms. The highest BCUT2D eigenvalue weighted by molar-refractivity contribution is 7.15. The van der Waals surface area contributed by atoms with Crippen molar-refractivity contribution in [3.05, 3.63) is 106 Å². The minimum atomic E-state index is -0.497. The van der Waals surface area contributed by atoms with Gasteiger partial charge in [0.05, 0.1) is 23.4 Å². The Morgan fingerprint density at radius 3 is 2.42 bits per heavy atom. The minimum absolute atomic E-state index is 0.220. The van der Waals surface area contributed by atoms with Crippen LogP contribution in [0.4, 0.5) is 5.00 Å². The molecule has 0 aliphatic carbocycles. The molecule has 5 rings (SSSR count). The highest BCUT2D eigenvalue weighted by Crippen LogP contribution is 2.37. The van der Waals surface area contributed by atoms with Crippen molar-refractivity contribution in [3.8, 4) is 22.4 Å². The van der Waals surface area contributed by atoms with E-state index in [1.54, 1.807) is 25.1 Å². The molecular weight excluding hydrogens is 492 g/mol. The molecule has 3 aromatic carbocycles. The van der Waals surface area contributed by atoms with Crippen molar-refractivity contribution in [2.75, 3.05) is 11.9 Å². The number of pyridine rings is 1. The van der Waals surface area contributed by atoms with Crippen LogP contribution in [-0.2, 0) is 4.74 Å². The summed E-state index contributed by atoms with van der Waals surface area (Å²) in [7, 11) is 0. The molecule has 0 aliphatic rings. The molecule has 0 aliphatic heterocycles. The van der Waals surface area contributed by atoms with Gasteiger partial charge in [-0.15, -0.1) is 11.3 Å². The lowest BCUT2D eigenvalue weighted by molar-refractivity contribution is 0.0529. The van der Waals surface area contributed by atoms with Gasteiger partial charge in [0, 0.05) is 26.9 Å². The van der Waals surface area contributed by atoms with Crippen molar-refractivity contribution < 1.29 is 14.3 Å². The smallest absolute Gasteiger partial charge is 0.341 e. The second-order valence-electron chi connectivity index (χ2n) is 7.97. The van der Waals surface area contributed by atoms with Crippen LogP contribution in [0.15, 0.2) is 90.3 Å². The number of rotatable bonds is 6. The highest BCUT2D eigenvalue weighted by atomic mass is 35.5. The van der Waals surface area contributed by atoms with Gasteiger partial charge in [0.15, 0.2) is 0 Å². The molecule has 0 saturated carbocycles. The number of halogens is 1. The molecule has 0 saturated heterocycles. The third-order valence-electron chi connectivity index (χ3n) is 5.68. The van der Waals surface area contributed by atoms with E-state index < -0.39 is 5.97 Å². The number of ether oxygens (including phenoxy) is 1. The van der Waals surface area contributed by atoms with E-state index in [9.17, 15) is 9.59 Å². The first-order valence-corrected chi connectivity index (χ1v) is 12.6. The summed E-state index contributed by atoms with van der Waals surface area (Å²) in [5, 5.41) is 6.54. The van der Waals surface area contributed by atoms with Gasteiger partial charge < -0.3 is 10.1 Å². The quantitative estimate of drug-likeness (QED) is 0.236. The van der Waals surface area contributed by atoms with Crippen LogP contribution in [0.5, 0.6) is 0 Å². The second kappa shape index (κ2) is 10.3. The van der Waals surface area contributed by atoms with E-state index in [2.05, 4.69) is 5.32 Å². The Labute approximate surface area is 217 Å². The summed E-state index contributed by atoms with van der Waals surface area (Å²) < 4.78 is 5.33. The molecule has 36 heavy (non-hydrogen) atoms. The molecular formula is C29H21ClN2O3S. The van der Waals surface area contributed by atoms with Crippen molar-refractivity contribution >= 4 is 50.7 Å². The van der Waals surface area contributed by atoms with E-state index in [0.717, 1.165) is 16.5 Å². The van der Waals surface area contributed by atoms with Gasteiger partial charge in [0.1, 0.15) is 10.6 Å². The third kappa shape index (κ3) is 4.73. The van der Waals surface area contributed by atoms with E-state index in [1.165, 1.54) is 11.3 Å². The number of anilines is 1. The lowest BCUT2D eigenvalue weighted by Crippen LogP contribution is -2.15. The molecule has 0 radical (unpaired) electrons. The van der Waals surface area contributed by atoms with Crippen LogP contribution < -0.4 is 5.32 Å². The zero-order chi connectivity index (χ0) is 25.1. The first kappa shape index (κ1) is 23.7. The first-order valence-electron chi connectivity index (χ1n) is 11.4. The summed E-state index contributed by atoms with van der Waals surface area (Å²) in [4.78, 5) is 31.3. The van der Waals surface area contributed by atoms with Gasteiger partial charge in [-0.1, -0.05) is 72.3 Å². The highest BCUT2D eigenvalue weighted by Gasteiger charge is 2.24. The molecule has 1 N–H and O–H groups in total. The van der Waals surface area contributed by atoms with E-state index >= 15 is 0 Å². The summed E-state index contributed by atoms with van der Waals surface area (Å²) in [6.45, 7) is 1.97. The summed E-state index contributed by atoms with van der Waals surface area (Å²) in [5.41, 5.74) is 4.58. The van der Waals surface area contributed by atoms with Crippen LogP contribution in [0, 0.1) is 0 Å². The average Bonchev–Trinajstić information content (AvgIpc) is 3.32. The van der Waals surface area contributed by atoms with Gasteiger partial charge in [0.25, 0.3) is 5.91 Å². The number of aromatic nitrogens is 1. The maximum atomic E-state index is 13.6. The van der Waals surface area contributed by atoms with Gasteiger partial charge in [-0.25, -0.2) is 9.78 Å². The molecule has 1 amide bonds. The Balaban J connectivity index is 1.58. The van der Waals surface area contributed by atoms with Gasteiger partial charge in [-0.2, -0.15) is 0 Å². The van der Waals surface area contributed by atoms with Crippen LogP contribution in [0.3, 0.4) is 0 Å². The number of thiophene rings is 1. The first-order chi connectivity index (χ1) is 17.5. The number of carbonyl (C=O) groups excluding carboxylic acids is 2. The molecule has 5 nitrogen and oxygen atoms in total. The number of hydrogen-bond donors (Lipinski definition) is 1. The van der Waals surface area contributed by atoms with Crippen molar-refractivity contribution in [3.63, 3.8) is 0 Å². The number of carbonyl (C=O) groups is 2. The second-order valence-corrected chi connectivity index (χ2v) is 9.29. The zero-order valence-corrected chi connectivity index (χ0v) is 20.9. The van der Waals surface area contributed by atoms with E-state index in [0.29, 0.717) is 37.9 Å². The number of nitrogens with one attached hydrogen (secondary N) is 1. The number of nitrogens with zero attached hydrogens (tertiary/aromatic N) is 1. The fraction of sp³-hybridized carbons (Fsp3) is 0.0690. The van der Waals surface area contributed by atoms with E-state index in [4.69, 9.17) is 21.3 Å². The summed E-state index contributed by atoms with van der Waals surface area (Å²) in [6.07, 6.45) is 0. The van der Waals surface area contributed by atoms with Gasteiger partial charge in [-0.3, -0.25) is 4.79 Å². The molecule has 7 heteroatoms. The maximum Gasteiger partial charge on any atom is 0.341 e. The Morgan fingerprint density at radius 1 is 0.944 bits per heavy atom. The number of fused-ring (bicyclic) bond motifs is 1. The van der Waals surface area contributed by atoms with E-state index in [1.807, 2.05) is 72.1 Å². The normalized spacial score (nSPS) is 10.8. The molecule has 0 unspecified atom stereocenters. The predicted molar refractivity (Wildman–Crippen MR) is 146 cm³/mol. The van der Waals surface area contributed by atoms with Crippen molar-refractivity contribution in [1.82, 2.24) is 4.98 Å². The number of hydrogen-bond acceptors (Lipinski definition) is 5. The van der Waals surface area contributed by atoms with Crippen molar-refractivity contribution in [2.24, 2.45) is 0 Å². The van der Waals surface area contributed by atoms with Crippen molar-refractivity contribution in [2.45, 2.75) is 6.92 Å². The molecule has 2 heterocycles. The number of para-hydroxylation sites is 1. The average molecular weight is 513 g/mol. The van der Waals surface area contributed by atoms with Gasteiger partial charge in [-0.05, 0) is 36.8 Å². The lowest BCUT2D eigenvalue weighted by atomic mass is 10.0. The van der Waals surface area contributed by atoms with Crippen LogP contribution in [0.1, 0.15) is 27.6 Å². The van der Waals surface area contributed by atoms with Crippen LogP contribution >= 0.6 is 22.9 Å². The minimum Gasteiger partial charge on any atom is -0.462 e. The molecule has 0 bridgehead atoms. The van der Waals surface area contributed by atoms with E-state index in [-0.39, 0.29) is 12.5 Å². The van der Waals surface area contributed by atoms with Crippen molar-refractivity contribution in [1.29, 1.82) is 0 Å². The monoisotopic (exact) mass is 512 g/mol. The van der Waals surface area contributed by atoms with Crippen LogP contribution in [0.25, 0.3) is 33.3 Å². The number of amides is 1. The Hall–Kier alpha value is -4.00. The molecule has 178 valence electrons. The Kier molecular flexibility index (Phi) is 6.80. The lowest BCUT2D eigenvalue weighted by Gasteiger charge is -2.12. The molecule has 5 aromatic rings. The standard InChI is InChI=1S/C29H21ClN2O3S/c1-2-35-29(34)26-23(18-12-14-20(30)15-13-18)17-36-28(26)32-27(33)22-16-25(19-8-4-3-5-9-19)31-24-11-7-6-10-21(22)24/h3-17H,2H2,1H3,(H,32,33). The molecule has 0 fully saturated rings. The van der Waals surface area contributed by atoms with Crippen LogP contribution in [0.2, 0.25) is 5.02 Å². The molecule has 0 atom stereocenters. The van der Waals surface area contributed by atoms with Gasteiger partial charge >= 0.3 is 5.97 Å².